The molecule has 2 aromatic rings. The number of sulfone groups is 1. The van der Waals surface area contributed by atoms with Gasteiger partial charge >= 0.3 is 6.09 Å². The van der Waals surface area contributed by atoms with Crippen molar-refractivity contribution in [1.82, 2.24) is 0 Å². The summed E-state index contributed by atoms with van der Waals surface area (Å²) in [5.41, 5.74) is 3.41. The van der Waals surface area contributed by atoms with Crippen LogP contribution in [0.2, 0.25) is 0 Å². The van der Waals surface area contributed by atoms with Crippen LogP contribution in [0.4, 0.5) is 14.9 Å². The van der Waals surface area contributed by atoms with Gasteiger partial charge in [0, 0.05) is 49.6 Å². The first-order valence-corrected chi connectivity index (χ1v) is 14.9. The number of benzene rings is 2. The summed E-state index contributed by atoms with van der Waals surface area (Å²) in [4.78, 5) is 38.3. The van der Waals surface area contributed by atoms with E-state index in [9.17, 15) is 27.2 Å². The molecule has 1 unspecified atom stereocenters. The van der Waals surface area contributed by atoms with Gasteiger partial charge in [-0.15, -0.1) is 0 Å². The molecule has 2 saturated heterocycles. The molecule has 2 amide bonds. The standard InChI is InChI=1S/C29H35FN2O6S.Ac/c1-18-11-19(2)27(21(12-18)17-33)29(3,4)14-26(34)31-15-23-16-32(28(35)38-23)22-5-6-24(25(30)13-22)20-7-9-39(36,37)10-8-20;/h5-6,11-13,17,20,23H,7-10,14-16H2,1-4H3,(H,31,34);/p-1. The molecule has 2 aromatic carbocycles. The fourth-order valence-corrected chi connectivity index (χ4v) is 7.28. The van der Waals surface area contributed by atoms with Crippen molar-refractivity contribution in [2.24, 2.45) is 0 Å². The van der Waals surface area contributed by atoms with Crippen molar-refractivity contribution in [3.63, 3.8) is 0 Å². The predicted octanol–water partition coefficient (Wildman–Crippen LogP) is 5.14. The molecule has 0 spiro atoms. The smallest absolute Gasteiger partial charge is 0.414 e. The zero-order valence-corrected chi connectivity index (χ0v) is 28.8. The third-order valence-corrected chi connectivity index (χ3v) is 9.26. The van der Waals surface area contributed by atoms with E-state index in [2.05, 4.69) is 5.32 Å². The number of carbonyl (C=O) groups is 3. The number of anilines is 1. The Balaban J connectivity index is 0.00000441. The fourth-order valence-electron chi connectivity index (χ4n) is 5.79. The van der Waals surface area contributed by atoms with Gasteiger partial charge in [0.05, 0.1) is 29.6 Å². The molecule has 0 aromatic heterocycles. The minimum atomic E-state index is -3.05. The Morgan fingerprint density at radius 1 is 1.18 bits per heavy atom. The summed E-state index contributed by atoms with van der Waals surface area (Å²) in [5, 5.41) is 4.13. The SMILES string of the molecule is Cc1cc(C)c(C(C)(C)CC(=O)[N-]CC2CN(c3ccc(C4CCS(=O)(=O)CC4)c(F)c3)C(=O)O2)c(C=O)c1.[Ac]. The van der Waals surface area contributed by atoms with Crippen molar-refractivity contribution >= 4 is 33.8 Å². The Morgan fingerprint density at radius 3 is 2.48 bits per heavy atom. The van der Waals surface area contributed by atoms with Gasteiger partial charge in [-0.2, -0.15) is 0 Å². The van der Waals surface area contributed by atoms with E-state index in [1.807, 2.05) is 33.8 Å². The molecule has 11 heteroatoms. The zero-order valence-electron chi connectivity index (χ0n) is 23.3. The van der Waals surface area contributed by atoms with Gasteiger partial charge in [-0.25, -0.2) is 17.6 Å². The summed E-state index contributed by atoms with van der Waals surface area (Å²) in [6.07, 6.45) is 0.321. The van der Waals surface area contributed by atoms with Crippen molar-refractivity contribution in [3.05, 3.63) is 69.3 Å². The van der Waals surface area contributed by atoms with E-state index in [4.69, 9.17) is 4.74 Å². The summed E-state index contributed by atoms with van der Waals surface area (Å²) < 4.78 is 43.7. The minimum absolute atomic E-state index is 0. The van der Waals surface area contributed by atoms with Gasteiger partial charge in [0.1, 0.15) is 28.0 Å². The summed E-state index contributed by atoms with van der Waals surface area (Å²) in [5.74, 6) is -0.948. The van der Waals surface area contributed by atoms with E-state index >= 15 is 0 Å². The van der Waals surface area contributed by atoms with Gasteiger partial charge < -0.3 is 14.8 Å². The molecule has 0 aliphatic carbocycles. The van der Waals surface area contributed by atoms with Crippen molar-refractivity contribution in [2.75, 3.05) is 29.5 Å². The first kappa shape index (κ1) is 32.7. The predicted molar refractivity (Wildman–Crippen MR) is 147 cm³/mol. The van der Waals surface area contributed by atoms with E-state index in [0.29, 0.717) is 29.7 Å². The van der Waals surface area contributed by atoms with E-state index in [0.717, 1.165) is 23.0 Å². The van der Waals surface area contributed by atoms with E-state index in [1.54, 1.807) is 18.2 Å². The summed E-state index contributed by atoms with van der Waals surface area (Å²) >= 11 is 0. The minimum Gasteiger partial charge on any atom is -0.650 e. The summed E-state index contributed by atoms with van der Waals surface area (Å²) in [6, 6.07) is 8.28. The molecule has 0 N–H and O–H groups in total. The van der Waals surface area contributed by atoms with E-state index < -0.39 is 33.3 Å². The van der Waals surface area contributed by atoms with Gasteiger partial charge in [-0.3, -0.25) is 9.69 Å². The van der Waals surface area contributed by atoms with Crippen LogP contribution in [0.15, 0.2) is 30.3 Å². The van der Waals surface area contributed by atoms with Gasteiger partial charge in [-0.1, -0.05) is 38.1 Å². The second-order valence-electron chi connectivity index (χ2n) is 11.2. The molecular formula is C29H34AcFN2O6S-. The fraction of sp³-hybridized carbons (Fsp3) is 0.483. The Kier molecular flexibility index (Phi) is 10.6. The first-order valence-electron chi connectivity index (χ1n) is 13.0. The Morgan fingerprint density at radius 2 is 1.85 bits per heavy atom. The number of rotatable bonds is 8. The first-order chi connectivity index (χ1) is 18.3. The van der Waals surface area contributed by atoms with Crippen LogP contribution in [0, 0.1) is 63.7 Å². The van der Waals surface area contributed by atoms with Gasteiger partial charge in [0.2, 0.25) is 0 Å². The van der Waals surface area contributed by atoms with Crippen LogP contribution in [0.1, 0.15) is 71.6 Å². The topological polar surface area (TPSA) is 112 Å². The number of cyclic esters (lactones) is 1. The molecule has 4 rings (SSSR count). The molecule has 40 heavy (non-hydrogen) atoms. The Bertz CT molecular complexity index is 1400. The maximum absolute atomic E-state index is 14.9. The van der Waals surface area contributed by atoms with Gasteiger partial charge in [0.15, 0.2) is 0 Å². The molecule has 2 fully saturated rings. The van der Waals surface area contributed by atoms with Crippen molar-refractivity contribution in [3.8, 4) is 0 Å². The van der Waals surface area contributed by atoms with Crippen LogP contribution >= 0.6 is 0 Å². The van der Waals surface area contributed by atoms with Crippen LogP contribution in [0.25, 0.3) is 5.32 Å². The number of halogens is 1. The summed E-state index contributed by atoms with van der Waals surface area (Å²) in [6.45, 7) is 7.71. The van der Waals surface area contributed by atoms with Crippen molar-refractivity contribution in [2.45, 2.75) is 64.4 Å². The maximum atomic E-state index is 14.9. The van der Waals surface area contributed by atoms with E-state index in [-0.39, 0.29) is 86.9 Å². The van der Waals surface area contributed by atoms with Crippen LogP contribution < -0.4 is 4.90 Å². The average molecular weight is 785 g/mol. The Labute approximate surface area is 270 Å². The molecule has 1 atom stereocenters. The third kappa shape index (κ3) is 7.51. The number of aldehydes is 1. The molecule has 2 heterocycles. The molecule has 2 aliphatic heterocycles. The summed E-state index contributed by atoms with van der Waals surface area (Å²) in [7, 11) is -3.05. The molecule has 2 aliphatic rings. The largest absolute Gasteiger partial charge is 0.650 e. The van der Waals surface area contributed by atoms with Crippen LogP contribution in [0.5, 0.6) is 0 Å². The zero-order chi connectivity index (χ0) is 28.5. The number of ether oxygens (including phenoxy) is 1. The number of hydrogen-bond acceptors (Lipinski definition) is 6. The monoisotopic (exact) mass is 784 g/mol. The van der Waals surface area contributed by atoms with Crippen LogP contribution in [-0.2, 0) is 24.8 Å². The second-order valence-corrected chi connectivity index (χ2v) is 13.5. The number of hydrogen-bond donors (Lipinski definition) is 0. The number of carbonyl (C=O) groups excluding carboxylic acids is 3. The number of nitrogens with zero attached hydrogens (tertiary/aromatic N) is 2. The number of amides is 2. The van der Waals surface area contributed by atoms with Gasteiger partial charge in [-0.05, 0) is 79.3 Å². The quantitative estimate of drug-likeness (QED) is 0.343. The normalized spacial score (nSPS) is 19.1. The second kappa shape index (κ2) is 13.0. The van der Waals surface area contributed by atoms with Gasteiger partial charge in [0.25, 0.3) is 0 Å². The molecule has 8 nitrogen and oxygen atoms in total. The molecule has 1 radical (unpaired) electrons. The van der Waals surface area contributed by atoms with E-state index in [1.165, 1.54) is 11.0 Å². The Hall–Kier alpha value is -1.83. The average Bonchev–Trinajstić information content (AvgIpc) is 3.22. The maximum Gasteiger partial charge on any atom is 0.414 e. The van der Waals surface area contributed by atoms with Crippen LogP contribution in [0.3, 0.4) is 0 Å². The third-order valence-electron chi connectivity index (χ3n) is 7.54. The number of aryl methyl sites for hydroxylation is 2. The van der Waals surface area contributed by atoms with Crippen molar-refractivity contribution < 1.29 is 76.0 Å². The van der Waals surface area contributed by atoms with Crippen LogP contribution in [-0.4, -0.2) is 57.4 Å². The molecule has 0 bridgehead atoms. The molecular weight excluding hydrogens is 750 g/mol. The van der Waals surface area contributed by atoms with Crippen molar-refractivity contribution in [1.29, 1.82) is 0 Å². The molecule has 213 valence electrons. The molecule has 0 saturated carbocycles.